The second-order valence-electron chi connectivity index (χ2n) is 6.89. The predicted molar refractivity (Wildman–Crippen MR) is 115 cm³/mol. The lowest BCUT2D eigenvalue weighted by molar-refractivity contribution is 0.415. The molecule has 1 N–H and O–H groups in total. The van der Waals surface area contributed by atoms with Gasteiger partial charge in [-0.25, -0.2) is 4.98 Å². The summed E-state index contributed by atoms with van der Waals surface area (Å²) in [4.78, 5) is 12.4. The summed E-state index contributed by atoms with van der Waals surface area (Å²) in [7, 11) is 1.66. The van der Waals surface area contributed by atoms with Crippen LogP contribution in [0.5, 0.6) is 5.75 Å². The van der Waals surface area contributed by atoms with Crippen molar-refractivity contribution in [2.45, 2.75) is 12.8 Å². The van der Waals surface area contributed by atoms with Crippen LogP contribution in [0.15, 0.2) is 65.2 Å². The van der Waals surface area contributed by atoms with E-state index in [-0.39, 0.29) is 0 Å². The van der Waals surface area contributed by atoms with Crippen LogP contribution in [-0.4, -0.2) is 22.1 Å². The van der Waals surface area contributed by atoms with E-state index in [0.717, 1.165) is 57.5 Å². The average molecular weight is 404 g/mol. The molecule has 0 amide bonds. The van der Waals surface area contributed by atoms with E-state index in [1.807, 2.05) is 54.6 Å². The second kappa shape index (κ2) is 7.26. The number of fused-ring (bicyclic) bond motifs is 2. The largest absolute Gasteiger partial charge is 0.497 e. The Hall–Kier alpha value is -3.31. The third-order valence-electron chi connectivity index (χ3n) is 4.97. The van der Waals surface area contributed by atoms with E-state index in [2.05, 4.69) is 15.0 Å². The number of H-pyrrole nitrogens is 1. The number of nitrogens with zero attached hydrogens (tertiary/aromatic N) is 2. The standard InChI is InChI=1S/C23H18ClN3O2/c1-28-18-7-8-19-15(11-18)12-21(26-19)23-27-20-13-16(24)10-14(22(20)29-23)5-6-17-4-2-3-9-25-17/h2-4,7-13,26H,5-6H2,1H3. The SMILES string of the molecule is COc1ccc2[nH]c(-c3nc4cc(Cl)cc(CCc5ccccn5)c4o3)cc2c1. The molecule has 6 heteroatoms. The van der Waals surface area contributed by atoms with E-state index >= 15 is 0 Å². The molecule has 3 heterocycles. The molecule has 2 aromatic carbocycles. The molecule has 144 valence electrons. The smallest absolute Gasteiger partial charge is 0.244 e. The number of aromatic nitrogens is 3. The molecule has 0 radical (unpaired) electrons. The minimum absolute atomic E-state index is 0.538. The summed E-state index contributed by atoms with van der Waals surface area (Å²) in [6.45, 7) is 0. The van der Waals surface area contributed by atoms with Crippen molar-refractivity contribution in [1.29, 1.82) is 0 Å². The van der Waals surface area contributed by atoms with Gasteiger partial charge in [-0.1, -0.05) is 17.7 Å². The van der Waals surface area contributed by atoms with E-state index in [0.29, 0.717) is 10.9 Å². The maximum Gasteiger partial charge on any atom is 0.244 e. The first-order valence-electron chi connectivity index (χ1n) is 9.35. The van der Waals surface area contributed by atoms with E-state index in [9.17, 15) is 0 Å². The minimum atomic E-state index is 0.538. The number of aryl methyl sites for hydroxylation is 2. The second-order valence-corrected chi connectivity index (χ2v) is 7.33. The van der Waals surface area contributed by atoms with Gasteiger partial charge in [-0.15, -0.1) is 0 Å². The monoisotopic (exact) mass is 403 g/mol. The Labute approximate surface area is 172 Å². The van der Waals surface area contributed by atoms with Gasteiger partial charge in [0.2, 0.25) is 5.89 Å². The molecule has 0 fully saturated rings. The highest BCUT2D eigenvalue weighted by molar-refractivity contribution is 6.31. The summed E-state index contributed by atoms with van der Waals surface area (Å²) in [6.07, 6.45) is 3.38. The lowest BCUT2D eigenvalue weighted by Gasteiger charge is -2.03. The molecule has 29 heavy (non-hydrogen) atoms. The van der Waals surface area contributed by atoms with Gasteiger partial charge in [0.25, 0.3) is 0 Å². The summed E-state index contributed by atoms with van der Waals surface area (Å²) in [5.41, 5.74) is 5.38. The number of pyridine rings is 1. The van der Waals surface area contributed by atoms with Crippen molar-refractivity contribution in [2.24, 2.45) is 0 Å². The summed E-state index contributed by atoms with van der Waals surface area (Å²) in [5, 5.41) is 1.68. The van der Waals surface area contributed by atoms with Crippen LogP contribution in [0, 0.1) is 0 Å². The number of hydrogen-bond donors (Lipinski definition) is 1. The molecule has 0 atom stereocenters. The Kier molecular flexibility index (Phi) is 4.45. The molecule has 5 rings (SSSR count). The number of hydrogen-bond acceptors (Lipinski definition) is 4. The molecule has 3 aromatic heterocycles. The molecule has 0 saturated carbocycles. The fourth-order valence-corrected chi connectivity index (χ4v) is 3.76. The van der Waals surface area contributed by atoms with Crippen LogP contribution in [0.2, 0.25) is 5.02 Å². The van der Waals surface area contributed by atoms with E-state index in [4.69, 9.17) is 20.8 Å². The molecule has 0 spiro atoms. The lowest BCUT2D eigenvalue weighted by Crippen LogP contribution is -1.94. The van der Waals surface area contributed by atoms with Gasteiger partial charge in [0, 0.05) is 27.8 Å². The lowest BCUT2D eigenvalue weighted by atomic mass is 10.1. The van der Waals surface area contributed by atoms with Crippen LogP contribution in [-0.2, 0) is 12.8 Å². The fourth-order valence-electron chi connectivity index (χ4n) is 3.53. The van der Waals surface area contributed by atoms with E-state index in [1.54, 1.807) is 13.3 Å². The topological polar surface area (TPSA) is 63.9 Å². The number of methoxy groups -OCH3 is 1. The van der Waals surface area contributed by atoms with Crippen LogP contribution in [0.25, 0.3) is 33.6 Å². The molecular formula is C23H18ClN3O2. The molecule has 0 bridgehead atoms. The van der Waals surface area contributed by atoms with Gasteiger partial charge in [0.05, 0.1) is 7.11 Å². The van der Waals surface area contributed by atoms with Crippen LogP contribution >= 0.6 is 11.6 Å². The summed E-state index contributed by atoms with van der Waals surface area (Å²) >= 11 is 6.34. The average Bonchev–Trinajstić information content (AvgIpc) is 3.36. The number of aromatic amines is 1. The highest BCUT2D eigenvalue weighted by Gasteiger charge is 2.15. The van der Waals surface area contributed by atoms with Crippen LogP contribution in [0.4, 0.5) is 0 Å². The van der Waals surface area contributed by atoms with Crippen molar-refractivity contribution in [3.8, 4) is 17.3 Å². The number of halogens is 1. The Morgan fingerprint density at radius 1 is 1.07 bits per heavy atom. The Morgan fingerprint density at radius 2 is 2.00 bits per heavy atom. The van der Waals surface area contributed by atoms with Gasteiger partial charge >= 0.3 is 0 Å². The molecule has 0 aliphatic rings. The number of benzene rings is 2. The van der Waals surface area contributed by atoms with Crippen molar-refractivity contribution < 1.29 is 9.15 Å². The summed E-state index contributed by atoms with van der Waals surface area (Å²) < 4.78 is 11.5. The normalized spacial score (nSPS) is 11.4. The van der Waals surface area contributed by atoms with Crippen molar-refractivity contribution in [1.82, 2.24) is 15.0 Å². The van der Waals surface area contributed by atoms with Crippen molar-refractivity contribution in [2.75, 3.05) is 7.11 Å². The molecule has 5 nitrogen and oxygen atoms in total. The molecule has 5 aromatic rings. The van der Waals surface area contributed by atoms with Gasteiger partial charge in [-0.2, -0.15) is 0 Å². The Balaban J connectivity index is 1.53. The number of ether oxygens (including phenoxy) is 1. The minimum Gasteiger partial charge on any atom is -0.497 e. The van der Waals surface area contributed by atoms with Crippen LogP contribution < -0.4 is 4.74 Å². The maximum absolute atomic E-state index is 6.34. The van der Waals surface area contributed by atoms with Crippen molar-refractivity contribution in [3.05, 3.63) is 77.1 Å². The van der Waals surface area contributed by atoms with Crippen molar-refractivity contribution in [3.63, 3.8) is 0 Å². The first kappa shape index (κ1) is 17.8. The van der Waals surface area contributed by atoms with Crippen molar-refractivity contribution >= 4 is 33.6 Å². The van der Waals surface area contributed by atoms with Crippen LogP contribution in [0.3, 0.4) is 0 Å². The third-order valence-corrected chi connectivity index (χ3v) is 5.18. The third kappa shape index (κ3) is 3.45. The molecule has 0 aliphatic carbocycles. The van der Waals surface area contributed by atoms with E-state index < -0.39 is 0 Å². The fraction of sp³-hybridized carbons (Fsp3) is 0.130. The van der Waals surface area contributed by atoms with Gasteiger partial charge in [-0.3, -0.25) is 4.98 Å². The Bertz CT molecular complexity index is 1310. The van der Waals surface area contributed by atoms with Crippen LogP contribution in [0.1, 0.15) is 11.3 Å². The van der Waals surface area contributed by atoms with Gasteiger partial charge in [-0.05, 0) is 66.9 Å². The van der Waals surface area contributed by atoms with Gasteiger partial charge in [0.15, 0.2) is 5.58 Å². The summed E-state index contributed by atoms with van der Waals surface area (Å²) in [5.74, 6) is 1.35. The molecule has 0 unspecified atom stereocenters. The first-order valence-corrected chi connectivity index (χ1v) is 9.73. The molecule has 0 aliphatic heterocycles. The highest BCUT2D eigenvalue weighted by Crippen LogP contribution is 2.32. The molecule has 0 saturated heterocycles. The predicted octanol–water partition coefficient (Wildman–Crippen LogP) is 5.82. The zero-order valence-electron chi connectivity index (χ0n) is 15.8. The van der Waals surface area contributed by atoms with Gasteiger partial charge in [0.1, 0.15) is 17.0 Å². The zero-order valence-corrected chi connectivity index (χ0v) is 16.5. The summed E-state index contributed by atoms with van der Waals surface area (Å²) in [6, 6.07) is 17.6. The first-order chi connectivity index (χ1) is 14.2. The Morgan fingerprint density at radius 3 is 2.83 bits per heavy atom. The van der Waals surface area contributed by atoms with Gasteiger partial charge < -0.3 is 14.1 Å². The number of oxazole rings is 1. The zero-order chi connectivity index (χ0) is 19.8. The van der Waals surface area contributed by atoms with E-state index in [1.165, 1.54) is 0 Å². The number of nitrogens with one attached hydrogen (secondary N) is 1. The maximum atomic E-state index is 6.34. The molecular weight excluding hydrogens is 386 g/mol. The number of rotatable bonds is 5. The quantitative estimate of drug-likeness (QED) is 0.401. The highest BCUT2D eigenvalue weighted by atomic mass is 35.5.